The Balaban J connectivity index is 1.40. The molecule has 5 nitrogen and oxygen atoms in total. The van der Waals surface area contributed by atoms with Gasteiger partial charge in [-0.05, 0) is 61.4 Å². The molecule has 1 unspecified atom stereocenters. The molecule has 0 N–H and O–H groups in total. The van der Waals surface area contributed by atoms with Crippen molar-refractivity contribution in [1.29, 1.82) is 0 Å². The van der Waals surface area contributed by atoms with Gasteiger partial charge < -0.3 is 9.47 Å². The van der Waals surface area contributed by atoms with Crippen molar-refractivity contribution in [1.82, 2.24) is 4.98 Å². The lowest BCUT2D eigenvalue weighted by atomic mass is 10.2. The van der Waals surface area contributed by atoms with E-state index in [2.05, 4.69) is 4.98 Å². The zero-order chi connectivity index (χ0) is 21.6. The summed E-state index contributed by atoms with van der Waals surface area (Å²) in [5.74, 6) is 1.80. The molecule has 31 heavy (non-hydrogen) atoms. The lowest BCUT2D eigenvalue weighted by molar-refractivity contribution is -0.119. The summed E-state index contributed by atoms with van der Waals surface area (Å²) in [6, 6.07) is 13.7. The number of methoxy groups -OCH3 is 1. The van der Waals surface area contributed by atoms with E-state index in [-0.39, 0.29) is 12.0 Å². The number of carbonyl (C=O) groups is 1. The molecule has 1 atom stereocenters. The van der Waals surface area contributed by atoms with Gasteiger partial charge in [0.05, 0.1) is 29.5 Å². The fourth-order valence-electron chi connectivity index (χ4n) is 3.52. The molecule has 1 aliphatic heterocycles. The zero-order valence-electron chi connectivity index (χ0n) is 17.4. The van der Waals surface area contributed by atoms with Crippen molar-refractivity contribution >= 4 is 56.0 Å². The van der Waals surface area contributed by atoms with Crippen LogP contribution in [0.15, 0.2) is 47.4 Å². The molecule has 164 valence electrons. The van der Waals surface area contributed by atoms with Gasteiger partial charge in [-0.25, -0.2) is 4.98 Å². The molecule has 2 heterocycles. The van der Waals surface area contributed by atoms with Gasteiger partial charge in [-0.3, -0.25) is 9.69 Å². The van der Waals surface area contributed by atoms with Crippen LogP contribution in [0.5, 0.6) is 5.75 Å². The largest absolute Gasteiger partial charge is 0.497 e. The fourth-order valence-corrected chi connectivity index (χ4v) is 5.66. The number of benzene rings is 2. The molecule has 2 aromatic carbocycles. The van der Waals surface area contributed by atoms with Crippen molar-refractivity contribution in [3.8, 4) is 5.75 Å². The molecule has 0 spiro atoms. The first kappa shape index (κ1) is 22.4. The van der Waals surface area contributed by atoms with Crippen LogP contribution in [0.2, 0.25) is 5.02 Å². The van der Waals surface area contributed by atoms with Crippen LogP contribution in [0.4, 0.5) is 5.13 Å². The number of nitrogens with zero attached hydrogens (tertiary/aromatic N) is 2. The molecule has 1 aromatic heterocycles. The number of anilines is 1. The van der Waals surface area contributed by atoms with E-state index in [0.717, 1.165) is 47.6 Å². The molecule has 1 amide bonds. The number of amides is 1. The van der Waals surface area contributed by atoms with E-state index < -0.39 is 0 Å². The second kappa shape index (κ2) is 10.7. The van der Waals surface area contributed by atoms with Crippen LogP contribution in [-0.4, -0.2) is 43.0 Å². The van der Waals surface area contributed by atoms with Gasteiger partial charge in [0.25, 0.3) is 0 Å². The smallest absolute Gasteiger partial charge is 0.228 e. The van der Waals surface area contributed by atoms with Gasteiger partial charge in [0.15, 0.2) is 5.13 Å². The van der Waals surface area contributed by atoms with Gasteiger partial charge in [0.2, 0.25) is 5.91 Å². The Morgan fingerprint density at radius 2 is 2.16 bits per heavy atom. The summed E-state index contributed by atoms with van der Waals surface area (Å²) in [4.78, 5) is 20.8. The number of para-hydroxylation sites is 1. The van der Waals surface area contributed by atoms with Gasteiger partial charge in [0, 0.05) is 17.9 Å². The molecular weight excluding hydrogens is 452 g/mol. The second-order valence-corrected chi connectivity index (χ2v) is 9.93. The van der Waals surface area contributed by atoms with Crippen molar-refractivity contribution in [3.05, 3.63) is 47.5 Å². The van der Waals surface area contributed by atoms with E-state index in [1.165, 1.54) is 16.2 Å². The van der Waals surface area contributed by atoms with Crippen LogP contribution in [0.3, 0.4) is 0 Å². The summed E-state index contributed by atoms with van der Waals surface area (Å²) in [6.07, 6.45) is 3.35. The highest BCUT2D eigenvalue weighted by molar-refractivity contribution is 7.99. The minimum atomic E-state index is 0.0695. The van der Waals surface area contributed by atoms with Crippen LogP contribution in [0.25, 0.3) is 10.2 Å². The Bertz CT molecular complexity index is 1020. The van der Waals surface area contributed by atoms with E-state index in [9.17, 15) is 4.79 Å². The highest BCUT2D eigenvalue weighted by Crippen LogP contribution is 2.34. The standard InChI is InChI=1S/C23H25ClN2O3S2/c1-28-16-9-11-18(12-10-16)30-14-4-8-21(27)26(15-17-5-3-13-29-17)23-25-22-19(24)6-2-7-20(22)31-23/h2,6-7,9-12,17H,3-5,8,13-15H2,1H3. The number of hydrogen-bond donors (Lipinski definition) is 0. The molecular formula is C23H25ClN2O3S2. The third-order valence-corrected chi connectivity index (χ3v) is 7.61. The van der Waals surface area contributed by atoms with Crippen molar-refractivity contribution < 1.29 is 14.3 Å². The lowest BCUT2D eigenvalue weighted by Gasteiger charge is -2.23. The number of rotatable bonds is 9. The molecule has 8 heteroatoms. The minimum Gasteiger partial charge on any atom is -0.497 e. The first-order valence-corrected chi connectivity index (χ1v) is 12.6. The number of ether oxygens (including phenoxy) is 2. The van der Waals surface area contributed by atoms with Crippen LogP contribution in [0, 0.1) is 0 Å². The number of halogens is 1. The quantitative estimate of drug-likeness (QED) is 0.278. The SMILES string of the molecule is COc1ccc(SCCCC(=O)N(CC2CCCO2)c2nc3c(Cl)cccc3s2)cc1. The summed E-state index contributed by atoms with van der Waals surface area (Å²) < 4.78 is 12.0. The van der Waals surface area contributed by atoms with E-state index in [1.54, 1.807) is 23.8 Å². The predicted octanol–water partition coefficient (Wildman–Crippen LogP) is 6.04. The lowest BCUT2D eigenvalue weighted by Crippen LogP contribution is -2.37. The average Bonchev–Trinajstić information content (AvgIpc) is 3.45. The van der Waals surface area contributed by atoms with Gasteiger partial charge in [-0.1, -0.05) is 29.0 Å². The average molecular weight is 477 g/mol. The van der Waals surface area contributed by atoms with E-state index in [0.29, 0.717) is 23.1 Å². The Morgan fingerprint density at radius 3 is 2.87 bits per heavy atom. The van der Waals surface area contributed by atoms with Crippen molar-refractivity contribution in [2.24, 2.45) is 0 Å². The van der Waals surface area contributed by atoms with Crippen molar-refractivity contribution in [2.75, 3.05) is 30.9 Å². The number of thioether (sulfide) groups is 1. The van der Waals surface area contributed by atoms with E-state index >= 15 is 0 Å². The number of hydrogen-bond acceptors (Lipinski definition) is 6. The van der Waals surface area contributed by atoms with Crippen LogP contribution >= 0.6 is 34.7 Å². The Hall–Kier alpha value is -1.80. The Morgan fingerprint density at radius 1 is 1.32 bits per heavy atom. The third-order valence-electron chi connectivity index (χ3n) is 5.16. The molecule has 0 saturated carbocycles. The summed E-state index contributed by atoms with van der Waals surface area (Å²) in [5.41, 5.74) is 0.754. The zero-order valence-corrected chi connectivity index (χ0v) is 19.8. The molecule has 4 rings (SSSR count). The summed E-state index contributed by atoms with van der Waals surface area (Å²) in [6.45, 7) is 1.30. The normalized spacial score (nSPS) is 16.0. The Labute approximate surface area is 195 Å². The maximum absolute atomic E-state index is 13.2. The maximum atomic E-state index is 13.2. The molecule has 3 aromatic rings. The topological polar surface area (TPSA) is 51.7 Å². The summed E-state index contributed by atoms with van der Waals surface area (Å²) in [5, 5.41) is 1.31. The van der Waals surface area contributed by atoms with Crippen LogP contribution < -0.4 is 9.64 Å². The summed E-state index contributed by atoms with van der Waals surface area (Å²) >= 11 is 9.56. The molecule has 0 bridgehead atoms. The first-order chi connectivity index (χ1) is 15.1. The molecule has 1 saturated heterocycles. The van der Waals surface area contributed by atoms with E-state index in [1.807, 2.05) is 42.5 Å². The fraction of sp³-hybridized carbons (Fsp3) is 0.391. The third kappa shape index (κ3) is 5.71. The van der Waals surface area contributed by atoms with Crippen LogP contribution in [-0.2, 0) is 9.53 Å². The predicted molar refractivity (Wildman–Crippen MR) is 129 cm³/mol. The van der Waals surface area contributed by atoms with Gasteiger partial charge in [-0.2, -0.15) is 0 Å². The number of aromatic nitrogens is 1. The van der Waals surface area contributed by atoms with Gasteiger partial charge in [-0.15, -0.1) is 11.8 Å². The number of thiazole rings is 1. The number of fused-ring (bicyclic) bond motifs is 1. The van der Waals surface area contributed by atoms with Crippen molar-refractivity contribution in [3.63, 3.8) is 0 Å². The highest BCUT2D eigenvalue weighted by Gasteiger charge is 2.26. The molecule has 0 radical (unpaired) electrons. The highest BCUT2D eigenvalue weighted by atomic mass is 35.5. The molecule has 0 aliphatic carbocycles. The second-order valence-electron chi connectivity index (χ2n) is 7.35. The molecule has 1 aliphatic rings. The summed E-state index contributed by atoms with van der Waals surface area (Å²) in [7, 11) is 1.66. The van der Waals surface area contributed by atoms with E-state index in [4.69, 9.17) is 21.1 Å². The van der Waals surface area contributed by atoms with Gasteiger partial charge in [0.1, 0.15) is 11.3 Å². The van der Waals surface area contributed by atoms with Gasteiger partial charge >= 0.3 is 0 Å². The van der Waals surface area contributed by atoms with Crippen molar-refractivity contribution in [2.45, 2.75) is 36.7 Å². The number of carbonyl (C=O) groups excluding carboxylic acids is 1. The Kier molecular flexibility index (Phi) is 7.72. The molecule has 1 fully saturated rings. The first-order valence-electron chi connectivity index (χ1n) is 10.4. The minimum absolute atomic E-state index is 0.0695. The van der Waals surface area contributed by atoms with Crippen LogP contribution in [0.1, 0.15) is 25.7 Å². The maximum Gasteiger partial charge on any atom is 0.228 e. The monoisotopic (exact) mass is 476 g/mol.